The van der Waals surface area contributed by atoms with Crippen molar-refractivity contribution in [2.75, 3.05) is 0 Å². The van der Waals surface area contributed by atoms with Crippen LogP contribution in [-0.2, 0) is 16.0 Å². The zero-order valence-corrected chi connectivity index (χ0v) is 12.2. The van der Waals surface area contributed by atoms with Crippen LogP contribution in [0.1, 0.15) is 31.9 Å². The summed E-state index contributed by atoms with van der Waals surface area (Å²) in [6, 6.07) is 6.31. The molecule has 0 saturated carbocycles. The van der Waals surface area contributed by atoms with E-state index in [0.29, 0.717) is 0 Å². The minimum absolute atomic E-state index is 0.162. The summed E-state index contributed by atoms with van der Waals surface area (Å²) in [5, 5.41) is 20.7. The Morgan fingerprint density at radius 2 is 1.90 bits per heavy atom. The Labute approximate surface area is 118 Å². The first kappa shape index (κ1) is 16.0. The number of aliphatic carboxylic acids is 1. The van der Waals surface area contributed by atoms with Gasteiger partial charge in [0.15, 0.2) is 6.04 Å². The lowest BCUT2D eigenvalue weighted by molar-refractivity contribution is -0.261. The van der Waals surface area contributed by atoms with E-state index in [1.165, 1.54) is 0 Å². The lowest BCUT2D eigenvalue weighted by Gasteiger charge is -2.30. The maximum absolute atomic E-state index is 11.6. The van der Waals surface area contributed by atoms with Gasteiger partial charge in [0.2, 0.25) is 0 Å². The van der Waals surface area contributed by atoms with E-state index in [0.717, 1.165) is 11.1 Å². The van der Waals surface area contributed by atoms with Crippen molar-refractivity contribution in [3.63, 3.8) is 0 Å². The standard InChI is InChI=1S/C15H21NO4/c1-10-5-7-11(8-6-10)9-12(13(17)18)16-14(19)20-15(2,3)4/h5-8,12H,9H2,1-4H3,(H,16,19)(H,17,18)/p-1. The molecule has 1 aromatic carbocycles. The zero-order chi connectivity index (χ0) is 15.3. The highest BCUT2D eigenvalue weighted by Gasteiger charge is 2.17. The van der Waals surface area contributed by atoms with Crippen LogP contribution >= 0.6 is 0 Å². The van der Waals surface area contributed by atoms with Gasteiger partial charge >= 0.3 is 5.97 Å². The summed E-state index contributed by atoms with van der Waals surface area (Å²) < 4.78 is 5.01. The van der Waals surface area contributed by atoms with Crippen LogP contribution in [0, 0.1) is 6.92 Å². The van der Waals surface area contributed by atoms with E-state index >= 15 is 0 Å². The summed E-state index contributed by atoms with van der Waals surface area (Å²) in [4.78, 5) is 14.8. The summed E-state index contributed by atoms with van der Waals surface area (Å²) in [7, 11) is 0. The molecule has 0 radical (unpaired) electrons. The molecule has 1 unspecified atom stereocenters. The van der Waals surface area contributed by atoms with Crippen LogP contribution in [0.15, 0.2) is 29.3 Å². The number of rotatable bonds is 4. The number of hydrogen-bond donors (Lipinski definition) is 1. The molecule has 0 spiro atoms. The molecular formula is C15H20NO4-. The monoisotopic (exact) mass is 278 g/mol. The summed E-state index contributed by atoms with van der Waals surface area (Å²) in [5.41, 5.74) is 1.22. The molecule has 0 aromatic heterocycles. The molecule has 0 fully saturated rings. The van der Waals surface area contributed by atoms with Crippen molar-refractivity contribution in [3.8, 4) is 0 Å². The quantitative estimate of drug-likeness (QED) is 0.668. The van der Waals surface area contributed by atoms with Crippen LogP contribution in [0.5, 0.6) is 0 Å². The minimum atomic E-state index is -1.14. The summed E-state index contributed by atoms with van der Waals surface area (Å²) in [5.74, 6) is -1.14. The Hall–Kier alpha value is -2.04. The van der Waals surface area contributed by atoms with Crippen molar-refractivity contribution in [1.82, 2.24) is 0 Å². The van der Waals surface area contributed by atoms with E-state index in [2.05, 4.69) is 4.99 Å². The van der Waals surface area contributed by atoms with Gasteiger partial charge in [-0.1, -0.05) is 50.6 Å². The fourth-order valence-corrected chi connectivity index (χ4v) is 1.55. The van der Waals surface area contributed by atoms with Crippen molar-refractivity contribution in [1.29, 1.82) is 0 Å². The highest BCUT2D eigenvalue weighted by atomic mass is 16.6. The average molecular weight is 278 g/mol. The zero-order valence-electron chi connectivity index (χ0n) is 12.2. The SMILES string of the molecule is Cc1ccc(CC(N=C([O-])OC(C)(C)C)C(=O)O)cc1. The fraction of sp³-hybridized carbons (Fsp3) is 0.467. The molecule has 0 saturated heterocycles. The third kappa shape index (κ3) is 5.73. The molecule has 5 nitrogen and oxygen atoms in total. The van der Waals surface area contributed by atoms with Crippen LogP contribution in [-0.4, -0.2) is 28.8 Å². The molecule has 0 aliphatic rings. The second kappa shape index (κ2) is 6.41. The van der Waals surface area contributed by atoms with E-state index in [1.54, 1.807) is 20.8 Å². The van der Waals surface area contributed by atoms with Gasteiger partial charge in [-0.15, -0.1) is 0 Å². The van der Waals surface area contributed by atoms with Gasteiger partial charge in [0.25, 0.3) is 0 Å². The van der Waals surface area contributed by atoms with Crippen LogP contribution in [0.2, 0.25) is 0 Å². The topological polar surface area (TPSA) is 82.0 Å². The maximum atomic E-state index is 11.6. The normalized spacial score (nSPS) is 13.9. The summed E-state index contributed by atoms with van der Waals surface area (Å²) in [6.45, 7) is 7.06. The van der Waals surface area contributed by atoms with E-state index in [4.69, 9.17) is 9.84 Å². The average Bonchev–Trinajstić information content (AvgIpc) is 2.28. The molecule has 0 bridgehead atoms. The minimum Gasteiger partial charge on any atom is -0.595 e. The molecule has 5 heteroatoms. The van der Waals surface area contributed by atoms with Crippen LogP contribution in [0.25, 0.3) is 0 Å². The van der Waals surface area contributed by atoms with Gasteiger partial charge < -0.3 is 14.9 Å². The number of aryl methyl sites for hydroxylation is 1. The number of benzene rings is 1. The van der Waals surface area contributed by atoms with Gasteiger partial charge in [-0.3, -0.25) is 4.99 Å². The molecule has 20 heavy (non-hydrogen) atoms. The second-order valence-electron chi connectivity index (χ2n) is 5.65. The fourth-order valence-electron chi connectivity index (χ4n) is 1.55. The van der Waals surface area contributed by atoms with E-state index in [9.17, 15) is 9.90 Å². The van der Waals surface area contributed by atoms with E-state index in [-0.39, 0.29) is 6.42 Å². The Morgan fingerprint density at radius 1 is 1.35 bits per heavy atom. The number of carboxylic acids is 1. The first-order chi connectivity index (χ1) is 9.17. The van der Waals surface area contributed by atoms with Crippen molar-refractivity contribution in [2.24, 2.45) is 4.99 Å². The van der Waals surface area contributed by atoms with Gasteiger partial charge in [-0.2, -0.15) is 0 Å². The van der Waals surface area contributed by atoms with Crippen LogP contribution in [0.4, 0.5) is 0 Å². The highest BCUT2D eigenvalue weighted by molar-refractivity contribution is 5.77. The van der Waals surface area contributed by atoms with Gasteiger partial charge in [-0.25, -0.2) is 4.79 Å². The smallest absolute Gasteiger partial charge is 0.328 e. The van der Waals surface area contributed by atoms with Crippen molar-refractivity contribution >= 4 is 12.1 Å². The Morgan fingerprint density at radius 3 is 2.35 bits per heavy atom. The van der Waals surface area contributed by atoms with E-state index in [1.807, 2.05) is 31.2 Å². The molecule has 110 valence electrons. The number of aliphatic imine (C=N–C) groups is 1. The second-order valence-corrected chi connectivity index (χ2v) is 5.65. The lowest BCUT2D eigenvalue weighted by atomic mass is 10.1. The molecule has 1 rings (SSSR count). The first-order valence-corrected chi connectivity index (χ1v) is 6.39. The molecule has 1 atom stereocenters. The third-order valence-electron chi connectivity index (χ3n) is 2.49. The maximum Gasteiger partial charge on any atom is 0.328 e. The molecule has 1 aromatic rings. The van der Waals surface area contributed by atoms with Gasteiger partial charge in [0, 0.05) is 12.0 Å². The summed E-state index contributed by atoms with van der Waals surface area (Å²) in [6.07, 6.45) is -0.688. The van der Waals surface area contributed by atoms with Crippen molar-refractivity contribution in [2.45, 2.75) is 45.8 Å². The van der Waals surface area contributed by atoms with Crippen molar-refractivity contribution in [3.05, 3.63) is 35.4 Å². The molecule has 0 aliphatic heterocycles. The van der Waals surface area contributed by atoms with Crippen LogP contribution in [0.3, 0.4) is 0 Å². The number of nitrogens with zero attached hydrogens (tertiary/aromatic N) is 1. The van der Waals surface area contributed by atoms with E-state index < -0.39 is 23.7 Å². The molecule has 1 N–H and O–H groups in total. The number of carboxylic acid groups (broad SMARTS) is 1. The van der Waals surface area contributed by atoms with Gasteiger partial charge in [0.1, 0.15) is 6.08 Å². The number of ether oxygens (including phenoxy) is 1. The Kier molecular flexibility index (Phi) is 5.13. The Balaban J connectivity index is 2.82. The molecule has 0 amide bonds. The van der Waals surface area contributed by atoms with Crippen LogP contribution < -0.4 is 5.11 Å². The third-order valence-corrected chi connectivity index (χ3v) is 2.49. The van der Waals surface area contributed by atoms with Crippen molar-refractivity contribution < 1.29 is 19.7 Å². The predicted molar refractivity (Wildman–Crippen MR) is 74.6 cm³/mol. The van der Waals surface area contributed by atoms with Gasteiger partial charge in [-0.05, 0) is 12.5 Å². The highest BCUT2D eigenvalue weighted by Crippen LogP contribution is 2.10. The summed E-state index contributed by atoms with van der Waals surface area (Å²) >= 11 is 0. The Bertz CT molecular complexity index is 486. The lowest BCUT2D eigenvalue weighted by Crippen LogP contribution is -2.34. The number of carbonyl (C=O) groups is 1. The predicted octanol–water partition coefficient (Wildman–Crippen LogP) is 1.52. The molecular weight excluding hydrogens is 258 g/mol. The number of hydrogen-bond acceptors (Lipinski definition) is 4. The molecule has 0 heterocycles. The van der Waals surface area contributed by atoms with Gasteiger partial charge in [0.05, 0.1) is 0 Å². The first-order valence-electron chi connectivity index (χ1n) is 6.39. The molecule has 0 aliphatic carbocycles. The largest absolute Gasteiger partial charge is 0.595 e.